The lowest BCUT2D eigenvalue weighted by Gasteiger charge is -2.12. The fraction of sp³-hybridized carbons (Fsp3) is 0.321. The van der Waals surface area contributed by atoms with E-state index in [4.69, 9.17) is 14.2 Å². The zero-order valence-corrected chi connectivity index (χ0v) is 18.7. The van der Waals surface area contributed by atoms with Crippen molar-refractivity contribution in [2.24, 2.45) is 5.92 Å². The Morgan fingerprint density at radius 2 is 1.85 bits per heavy atom. The van der Waals surface area contributed by atoms with Gasteiger partial charge in [0.25, 0.3) is 0 Å². The fourth-order valence-corrected chi connectivity index (χ4v) is 4.26. The van der Waals surface area contributed by atoms with E-state index in [0.717, 1.165) is 35.0 Å². The summed E-state index contributed by atoms with van der Waals surface area (Å²) in [5, 5.41) is 10.9. The molecule has 0 spiro atoms. The van der Waals surface area contributed by atoms with E-state index < -0.39 is 5.97 Å². The van der Waals surface area contributed by atoms with Gasteiger partial charge in [-0.2, -0.15) is 0 Å². The average molecular weight is 444 g/mol. The Labute approximate surface area is 193 Å². The van der Waals surface area contributed by atoms with E-state index in [1.165, 1.54) is 24.0 Å². The highest BCUT2D eigenvalue weighted by Crippen LogP contribution is 2.38. The Bertz CT molecular complexity index is 1160. The van der Waals surface area contributed by atoms with Gasteiger partial charge >= 0.3 is 0 Å². The molecule has 5 heteroatoms. The summed E-state index contributed by atoms with van der Waals surface area (Å²) in [5.41, 5.74) is 5.47. The van der Waals surface area contributed by atoms with Crippen molar-refractivity contribution in [1.82, 2.24) is 0 Å². The molecular weight excluding hydrogens is 416 g/mol. The maximum atomic E-state index is 10.9. The SMILES string of the molecule is Cc1cc(OCC2CC2)ccc1-c1cccc(COc2ccc3c(c2)OCC3CC(=O)[O-])c1. The van der Waals surface area contributed by atoms with Crippen molar-refractivity contribution in [3.63, 3.8) is 0 Å². The van der Waals surface area contributed by atoms with E-state index in [2.05, 4.69) is 31.2 Å². The first kappa shape index (κ1) is 21.4. The molecule has 1 unspecified atom stereocenters. The Morgan fingerprint density at radius 1 is 1.03 bits per heavy atom. The number of carboxylic acid groups (broad SMARTS) is 1. The number of carbonyl (C=O) groups is 1. The standard InChI is InChI=1S/C28H28O5/c1-18-11-23(31-15-19-5-6-19)7-9-25(18)21-4-2-3-20(12-21)16-32-24-8-10-26-22(13-28(29)30)17-33-27(26)14-24/h2-4,7-12,14,19,22H,5-6,13,15-17H2,1H3,(H,29,30)/p-1. The zero-order chi connectivity index (χ0) is 22.8. The Hall–Kier alpha value is -3.47. The molecule has 1 heterocycles. The van der Waals surface area contributed by atoms with Crippen molar-refractivity contribution in [3.8, 4) is 28.4 Å². The molecule has 1 aliphatic carbocycles. The summed E-state index contributed by atoms with van der Waals surface area (Å²) in [6.07, 6.45) is 2.54. The molecule has 1 fully saturated rings. The van der Waals surface area contributed by atoms with Crippen LogP contribution in [-0.2, 0) is 11.4 Å². The molecule has 1 saturated carbocycles. The quantitative estimate of drug-likeness (QED) is 0.482. The predicted molar refractivity (Wildman–Crippen MR) is 123 cm³/mol. The van der Waals surface area contributed by atoms with Crippen molar-refractivity contribution < 1.29 is 24.1 Å². The van der Waals surface area contributed by atoms with E-state index in [0.29, 0.717) is 24.7 Å². The molecule has 3 aromatic carbocycles. The van der Waals surface area contributed by atoms with E-state index in [-0.39, 0.29) is 12.3 Å². The van der Waals surface area contributed by atoms with Crippen LogP contribution in [0, 0.1) is 12.8 Å². The second-order valence-electron chi connectivity index (χ2n) is 9.00. The third-order valence-corrected chi connectivity index (χ3v) is 6.30. The number of rotatable bonds is 9. The lowest BCUT2D eigenvalue weighted by Crippen LogP contribution is -2.24. The van der Waals surface area contributed by atoms with Gasteiger partial charge in [-0.25, -0.2) is 0 Å². The number of hydrogen-bond donors (Lipinski definition) is 0. The molecule has 0 N–H and O–H groups in total. The molecule has 5 nitrogen and oxygen atoms in total. The highest BCUT2D eigenvalue weighted by molar-refractivity contribution is 5.69. The van der Waals surface area contributed by atoms with Gasteiger partial charge in [-0.1, -0.05) is 30.3 Å². The molecule has 5 rings (SSSR count). The number of hydrogen-bond acceptors (Lipinski definition) is 5. The number of carboxylic acids is 1. The molecule has 0 saturated heterocycles. The highest BCUT2D eigenvalue weighted by atomic mass is 16.5. The minimum atomic E-state index is -1.06. The van der Waals surface area contributed by atoms with Crippen LogP contribution in [0.4, 0.5) is 0 Å². The van der Waals surface area contributed by atoms with Crippen molar-refractivity contribution in [1.29, 1.82) is 0 Å². The number of ether oxygens (including phenoxy) is 3. The first-order valence-electron chi connectivity index (χ1n) is 11.5. The van der Waals surface area contributed by atoms with Gasteiger partial charge in [0.15, 0.2) is 0 Å². The summed E-state index contributed by atoms with van der Waals surface area (Å²) in [6.45, 7) is 3.72. The predicted octanol–water partition coefficient (Wildman–Crippen LogP) is 4.65. The molecule has 170 valence electrons. The van der Waals surface area contributed by atoms with Crippen LogP contribution in [0.15, 0.2) is 60.7 Å². The number of fused-ring (bicyclic) bond motifs is 1. The number of carbonyl (C=O) groups excluding carboxylic acids is 1. The van der Waals surface area contributed by atoms with Crippen LogP contribution < -0.4 is 19.3 Å². The molecule has 2 aliphatic rings. The molecule has 33 heavy (non-hydrogen) atoms. The van der Waals surface area contributed by atoms with Crippen molar-refractivity contribution in [3.05, 3.63) is 77.4 Å². The van der Waals surface area contributed by atoms with E-state index >= 15 is 0 Å². The number of benzene rings is 3. The molecule has 1 aliphatic heterocycles. The Kier molecular flexibility index (Phi) is 5.95. The van der Waals surface area contributed by atoms with Gasteiger partial charge in [-0.05, 0) is 78.6 Å². The van der Waals surface area contributed by atoms with Gasteiger partial charge in [0.05, 0.1) is 13.2 Å². The zero-order valence-electron chi connectivity index (χ0n) is 18.7. The summed E-state index contributed by atoms with van der Waals surface area (Å²) in [7, 11) is 0. The molecule has 0 bridgehead atoms. The topological polar surface area (TPSA) is 67.8 Å². The van der Waals surface area contributed by atoms with E-state index in [1.54, 1.807) is 0 Å². The molecule has 0 radical (unpaired) electrons. The van der Waals surface area contributed by atoms with Gasteiger partial charge in [0, 0.05) is 23.5 Å². The molecular formula is C28H27O5-. The minimum Gasteiger partial charge on any atom is -0.550 e. The van der Waals surface area contributed by atoms with Gasteiger partial charge in [-0.3, -0.25) is 0 Å². The van der Waals surface area contributed by atoms with Crippen molar-refractivity contribution in [2.75, 3.05) is 13.2 Å². The van der Waals surface area contributed by atoms with Crippen LogP contribution in [0.5, 0.6) is 17.2 Å². The van der Waals surface area contributed by atoms with Crippen molar-refractivity contribution in [2.45, 2.75) is 38.7 Å². The van der Waals surface area contributed by atoms with Crippen LogP contribution in [0.2, 0.25) is 0 Å². The molecule has 0 amide bonds. The minimum absolute atomic E-state index is 0.0347. The van der Waals surface area contributed by atoms with Gasteiger partial charge in [0.1, 0.15) is 23.9 Å². The lowest BCUT2D eigenvalue weighted by molar-refractivity contribution is -0.306. The normalized spacial score (nSPS) is 16.7. The van der Waals surface area contributed by atoms with Crippen LogP contribution in [0.1, 0.15) is 41.9 Å². The average Bonchev–Trinajstić information content (AvgIpc) is 3.56. The maximum Gasteiger partial charge on any atom is 0.126 e. The molecule has 3 aromatic rings. The summed E-state index contributed by atoms with van der Waals surface area (Å²) >= 11 is 0. The van der Waals surface area contributed by atoms with E-state index in [1.807, 2.05) is 36.4 Å². The van der Waals surface area contributed by atoms with Crippen LogP contribution in [-0.4, -0.2) is 19.2 Å². The first-order valence-corrected chi connectivity index (χ1v) is 11.5. The lowest BCUT2D eigenvalue weighted by atomic mass is 9.98. The summed E-state index contributed by atoms with van der Waals surface area (Å²) in [6, 6.07) is 20.2. The Morgan fingerprint density at radius 3 is 2.64 bits per heavy atom. The summed E-state index contributed by atoms with van der Waals surface area (Å²) in [4.78, 5) is 10.9. The molecule has 1 atom stereocenters. The maximum absolute atomic E-state index is 10.9. The summed E-state index contributed by atoms with van der Waals surface area (Å²) in [5.74, 6) is 1.83. The largest absolute Gasteiger partial charge is 0.550 e. The van der Waals surface area contributed by atoms with Crippen LogP contribution in [0.25, 0.3) is 11.1 Å². The third-order valence-electron chi connectivity index (χ3n) is 6.30. The highest BCUT2D eigenvalue weighted by Gasteiger charge is 2.25. The number of aliphatic carboxylic acids is 1. The fourth-order valence-electron chi connectivity index (χ4n) is 4.26. The summed E-state index contributed by atoms with van der Waals surface area (Å²) < 4.78 is 17.6. The van der Waals surface area contributed by atoms with Crippen LogP contribution >= 0.6 is 0 Å². The second-order valence-corrected chi connectivity index (χ2v) is 9.00. The number of aryl methyl sites for hydroxylation is 1. The van der Waals surface area contributed by atoms with Gasteiger partial charge < -0.3 is 24.1 Å². The molecule has 0 aromatic heterocycles. The van der Waals surface area contributed by atoms with E-state index in [9.17, 15) is 9.90 Å². The smallest absolute Gasteiger partial charge is 0.126 e. The first-order chi connectivity index (χ1) is 16.0. The second kappa shape index (κ2) is 9.18. The van der Waals surface area contributed by atoms with Gasteiger partial charge in [-0.15, -0.1) is 0 Å². The van der Waals surface area contributed by atoms with Crippen molar-refractivity contribution >= 4 is 5.97 Å². The third kappa shape index (κ3) is 5.14. The van der Waals surface area contributed by atoms with Gasteiger partial charge in [0.2, 0.25) is 0 Å². The Balaban J connectivity index is 1.24. The monoisotopic (exact) mass is 443 g/mol. The van der Waals surface area contributed by atoms with Crippen LogP contribution in [0.3, 0.4) is 0 Å².